The number of ether oxygens (including phenoxy) is 3. The summed E-state index contributed by atoms with van der Waals surface area (Å²) in [6.45, 7) is 6.52. The molecule has 10 heteroatoms. The van der Waals surface area contributed by atoms with Crippen LogP contribution in [0.15, 0.2) is 59.9 Å². The summed E-state index contributed by atoms with van der Waals surface area (Å²) in [6.07, 6.45) is 4.86. The number of aryl methyl sites for hydroxylation is 1. The first-order chi connectivity index (χ1) is 17.5. The fourth-order valence-corrected chi connectivity index (χ4v) is 4.15. The number of allylic oxidation sites excluding steroid dienone is 1. The average molecular weight is 491 g/mol. The number of nitrogens with one attached hydrogen (secondary N) is 2. The number of carbonyl (C=O) groups excluding carboxylic acids is 1. The highest BCUT2D eigenvalue weighted by Crippen LogP contribution is 2.31. The highest BCUT2D eigenvalue weighted by Gasteiger charge is 2.36. The van der Waals surface area contributed by atoms with Crippen molar-refractivity contribution >= 4 is 34.5 Å². The summed E-state index contributed by atoms with van der Waals surface area (Å²) < 4.78 is 16.9. The lowest BCUT2D eigenvalue weighted by Crippen LogP contribution is -2.38. The molecule has 0 atom stereocenters. The number of nitrogens with zero attached hydrogens (tertiary/aromatic N) is 2. The molecule has 0 saturated carbocycles. The number of Topliss-reactive ketones (excluding diaryl/α,β-unsaturated/α-hetero) is 1. The van der Waals surface area contributed by atoms with Gasteiger partial charge in [-0.3, -0.25) is 9.69 Å². The molecule has 0 bridgehead atoms. The maximum Gasteiger partial charge on any atom is 0.345 e. The van der Waals surface area contributed by atoms with E-state index in [1.54, 1.807) is 30.6 Å². The Kier molecular flexibility index (Phi) is 6.70. The van der Waals surface area contributed by atoms with Gasteiger partial charge in [-0.25, -0.2) is 9.78 Å². The van der Waals surface area contributed by atoms with Crippen LogP contribution in [0.4, 0.5) is 5.69 Å². The number of hydrogen-bond acceptors (Lipinski definition) is 8. The molecule has 4 heterocycles. The van der Waals surface area contributed by atoms with Gasteiger partial charge in [0.15, 0.2) is 11.3 Å². The zero-order chi connectivity index (χ0) is 25.1. The van der Waals surface area contributed by atoms with Gasteiger partial charge in [-0.15, -0.1) is 0 Å². The molecule has 1 saturated heterocycles. The Hall–Kier alpha value is -4.15. The highest BCUT2D eigenvalue weighted by molar-refractivity contribution is 6.26. The first-order valence-corrected chi connectivity index (χ1v) is 11.6. The predicted octanol–water partition coefficient (Wildman–Crippen LogP) is 2.93. The number of aromatic amines is 1. The highest BCUT2D eigenvalue weighted by atomic mass is 16.5. The number of carboxylic acid groups (broad SMARTS) is 1. The number of aliphatic carboxylic acids is 1. The van der Waals surface area contributed by atoms with Crippen molar-refractivity contribution in [2.24, 2.45) is 0 Å². The predicted molar refractivity (Wildman–Crippen MR) is 132 cm³/mol. The number of pyridine rings is 1. The van der Waals surface area contributed by atoms with Crippen LogP contribution in [-0.2, 0) is 19.1 Å². The SMILES string of the molecule is Cc1cc(OCCN2CCOCC2)ccc1NC1=C(C(=O)O)C(=O)C(=Cc2c[nH]c3ncccc23)O1. The Morgan fingerprint density at radius 1 is 1.31 bits per heavy atom. The summed E-state index contributed by atoms with van der Waals surface area (Å²) in [6, 6.07) is 9.05. The average Bonchev–Trinajstić information content (AvgIpc) is 3.42. The summed E-state index contributed by atoms with van der Waals surface area (Å²) >= 11 is 0. The van der Waals surface area contributed by atoms with Gasteiger partial charge in [0.1, 0.15) is 18.0 Å². The van der Waals surface area contributed by atoms with E-state index in [9.17, 15) is 14.7 Å². The fourth-order valence-electron chi connectivity index (χ4n) is 4.15. The molecule has 1 fully saturated rings. The number of benzene rings is 1. The Morgan fingerprint density at radius 3 is 2.92 bits per heavy atom. The van der Waals surface area contributed by atoms with Gasteiger partial charge in [-0.05, 0) is 48.9 Å². The summed E-state index contributed by atoms with van der Waals surface area (Å²) in [5.41, 5.74) is 2.29. The number of ketones is 1. The van der Waals surface area contributed by atoms with E-state index in [-0.39, 0.29) is 11.6 Å². The number of aromatic nitrogens is 2. The van der Waals surface area contributed by atoms with Crippen molar-refractivity contribution in [3.05, 3.63) is 71.1 Å². The van der Waals surface area contributed by atoms with Crippen LogP contribution in [0.1, 0.15) is 11.1 Å². The van der Waals surface area contributed by atoms with Crippen molar-refractivity contribution in [1.82, 2.24) is 14.9 Å². The second-order valence-electron chi connectivity index (χ2n) is 8.50. The van der Waals surface area contributed by atoms with Gasteiger partial charge in [-0.1, -0.05) is 0 Å². The van der Waals surface area contributed by atoms with E-state index < -0.39 is 17.3 Å². The summed E-state index contributed by atoms with van der Waals surface area (Å²) in [5, 5.41) is 13.5. The molecule has 10 nitrogen and oxygen atoms in total. The number of anilines is 1. The van der Waals surface area contributed by atoms with Crippen molar-refractivity contribution < 1.29 is 28.9 Å². The van der Waals surface area contributed by atoms with E-state index in [2.05, 4.69) is 20.2 Å². The van der Waals surface area contributed by atoms with Crippen molar-refractivity contribution in [3.63, 3.8) is 0 Å². The number of morpholine rings is 1. The number of H-pyrrole nitrogens is 1. The standard InChI is InChI=1S/C26H26N4O6/c1-16-13-18(35-12-9-30-7-10-34-11-8-30)4-5-20(16)29-25-22(26(32)33)23(31)21(36-25)14-17-15-28-24-19(17)3-2-6-27-24/h2-6,13-15,29H,7-12H2,1H3,(H,27,28)(H,32,33). The number of fused-ring (bicyclic) bond motifs is 1. The third-order valence-corrected chi connectivity index (χ3v) is 6.10. The van der Waals surface area contributed by atoms with Crippen LogP contribution in [0.5, 0.6) is 5.75 Å². The van der Waals surface area contributed by atoms with E-state index in [1.807, 2.05) is 19.1 Å². The number of carboxylic acids is 1. The minimum Gasteiger partial charge on any atom is -0.492 e. The van der Waals surface area contributed by atoms with Crippen molar-refractivity contribution in [1.29, 1.82) is 0 Å². The number of rotatable bonds is 8. The van der Waals surface area contributed by atoms with Crippen LogP contribution in [0.25, 0.3) is 17.1 Å². The fraction of sp³-hybridized carbons (Fsp3) is 0.269. The molecule has 1 aromatic carbocycles. The van der Waals surface area contributed by atoms with Gasteiger partial charge in [-0.2, -0.15) is 0 Å². The molecular formula is C26H26N4O6. The van der Waals surface area contributed by atoms with Gasteiger partial charge < -0.3 is 29.6 Å². The van der Waals surface area contributed by atoms with Crippen LogP contribution >= 0.6 is 0 Å². The summed E-state index contributed by atoms with van der Waals surface area (Å²) in [4.78, 5) is 34.3. The molecule has 3 aromatic rings. The van der Waals surface area contributed by atoms with E-state index in [0.29, 0.717) is 29.3 Å². The maximum atomic E-state index is 12.9. The van der Waals surface area contributed by atoms with Crippen LogP contribution in [0.2, 0.25) is 0 Å². The second-order valence-corrected chi connectivity index (χ2v) is 8.50. The smallest absolute Gasteiger partial charge is 0.345 e. The first kappa shape index (κ1) is 23.6. The molecule has 5 rings (SSSR count). The molecule has 3 N–H and O–H groups in total. The monoisotopic (exact) mass is 490 g/mol. The Morgan fingerprint density at radius 2 is 2.14 bits per heavy atom. The van der Waals surface area contributed by atoms with Gasteiger partial charge >= 0.3 is 5.97 Å². The topological polar surface area (TPSA) is 126 Å². The minimum atomic E-state index is -1.37. The van der Waals surface area contributed by atoms with Gasteiger partial charge in [0.2, 0.25) is 11.7 Å². The van der Waals surface area contributed by atoms with Crippen LogP contribution in [-0.4, -0.2) is 71.2 Å². The lowest BCUT2D eigenvalue weighted by atomic mass is 10.1. The molecule has 0 radical (unpaired) electrons. The van der Waals surface area contributed by atoms with E-state index in [0.717, 1.165) is 43.8 Å². The normalized spacial score (nSPS) is 17.6. The minimum absolute atomic E-state index is 0.0830. The van der Waals surface area contributed by atoms with Crippen molar-refractivity contribution in [3.8, 4) is 5.75 Å². The van der Waals surface area contributed by atoms with E-state index >= 15 is 0 Å². The van der Waals surface area contributed by atoms with Crippen molar-refractivity contribution in [2.75, 3.05) is 44.8 Å². The molecule has 2 aliphatic heterocycles. The number of hydrogen-bond donors (Lipinski definition) is 3. The molecule has 2 aromatic heterocycles. The van der Waals surface area contributed by atoms with Gasteiger partial charge in [0.05, 0.1) is 13.2 Å². The first-order valence-electron chi connectivity index (χ1n) is 11.6. The molecule has 0 amide bonds. The van der Waals surface area contributed by atoms with Crippen LogP contribution < -0.4 is 10.1 Å². The molecule has 0 spiro atoms. The zero-order valence-electron chi connectivity index (χ0n) is 19.7. The largest absolute Gasteiger partial charge is 0.492 e. The Bertz CT molecular complexity index is 1370. The molecule has 2 aliphatic rings. The summed E-state index contributed by atoms with van der Waals surface area (Å²) in [7, 11) is 0. The second kappa shape index (κ2) is 10.2. The van der Waals surface area contributed by atoms with Gasteiger partial charge in [0.25, 0.3) is 0 Å². The molecule has 186 valence electrons. The van der Waals surface area contributed by atoms with Crippen LogP contribution in [0.3, 0.4) is 0 Å². The Labute approximate surface area is 207 Å². The van der Waals surface area contributed by atoms with Crippen LogP contribution in [0, 0.1) is 6.92 Å². The third kappa shape index (κ3) is 4.95. The Balaban J connectivity index is 1.29. The summed E-state index contributed by atoms with van der Waals surface area (Å²) in [5.74, 6) is -1.58. The maximum absolute atomic E-state index is 12.9. The lowest BCUT2D eigenvalue weighted by Gasteiger charge is -2.26. The quantitative estimate of drug-likeness (QED) is 0.323. The molecule has 0 aliphatic carbocycles. The van der Waals surface area contributed by atoms with E-state index in [1.165, 1.54) is 6.08 Å². The van der Waals surface area contributed by atoms with Gasteiger partial charge in [0, 0.05) is 48.7 Å². The lowest BCUT2D eigenvalue weighted by molar-refractivity contribution is -0.134. The van der Waals surface area contributed by atoms with Crippen molar-refractivity contribution in [2.45, 2.75) is 6.92 Å². The zero-order valence-corrected chi connectivity index (χ0v) is 19.7. The third-order valence-electron chi connectivity index (χ3n) is 6.10. The van der Waals surface area contributed by atoms with E-state index in [4.69, 9.17) is 14.2 Å². The number of carbonyl (C=O) groups is 2. The molecular weight excluding hydrogens is 464 g/mol. The molecule has 0 unspecified atom stereocenters. The molecule has 36 heavy (non-hydrogen) atoms.